The van der Waals surface area contributed by atoms with Crippen molar-refractivity contribution in [2.24, 2.45) is 5.73 Å². The minimum Gasteiger partial charge on any atom is -0.497 e. The lowest BCUT2D eigenvalue weighted by Crippen LogP contribution is -2.36. The highest BCUT2D eigenvalue weighted by Gasteiger charge is 2.34. The second-order valence-corrected chi connectivity index (χ2v) is 3.94. The summed E-state index contributed by atoms with van der Waals surface area (Å²) in [6, 6.07) is 3.13. The highest BCUT2D eigenvalue weighted by Crippen LogP contribution is 2.37. The van der Waals surface area contributed by atoms with E-state index in [-0.39, 0.29) is 12.3 Å². The molecule has 0 saturated carbocycles. The molecule has 9 heteroatoms. The molecule has 4 N–H and O–H groups in total. The van der Waals surface area contributed by atoms with Crippen LogP contribution in [0.25, 0.3) is 0 Å². The molecule has 0 aliphatic carbocycles. The number of hydrogen-bond donors (Lipinski definition) is 3. The predicted octanol–water partition coefficient (Wildman–Crippen LogP) is 0.727. The number of ether oxygens (including phenoxy) is 1. The molecule has 0 unspecified atom stereocenters. The van der Waals surface area contributed by atoms with Crippen LogP contribution in [0.5, 0.6) is 5.75 Å². The third kappa shape index (κ3) is 4.95. The Balaban J connectivity index is 2.87. The van der Waals surface area contributed by atoms with Crippen LogP contribution < -0.4 is 21.1 Å². The van der Waals surface area contributed by atoms with Crippen LogP contribution in [0.4, 0.5) is 18.9 Å². The van der Waals surface area contributed by atoms with Crippen molar-refractivity contribution < 1.29 is 27.5 Å². The Bertz CT molecular complexity index is 532. The minimum absolute atomic E-state index is 0.0109. The molecule has 0 aliphatic heterocycles. The Hall–Kier alpha value is -2.29. The molecule has 0 saturated heterocycles. The van der Waals surface area contributed by atoms with Crippen LogP contribution in [0.1, 0.15) is 5.56 Å². The Morgan fingerprint density at radius 1 is 1.29 bits per heavy atom. The van der Waals surface area contributed by atoms with Gasteiger partial charge in [0, 0.05) is 0 Å². The fraction of sp³-hybridized carbons (Fsp3) is 0.333. The van der Waals surface area contributed by atoms with Crippen molar-refractivity contribution in [2.75, 3.05) is 25.5 Å². The van der Waals surface area contributed by atoms with Crippen molar-refractivity contribution in [1.82, 2.24) is 5.32 Å². The molecule has 0 radical (unpaired) electrons. The number of amides is 2. The number of carbonyl (C=O) groups is 2. The van der Waals surface area contributed by atoms with Gasteiger partial charge >= 0.3 is 6.18 Å². The Morgan fingerprint density at radius 2 is 1.95 bits per heavy atom. The van der Waals surface area contributed by atoms with E-state index in [0.717, 1.165) is 12.1 Å². The molecule has 21 heavy (non-hydrogen) atoms. The highest BCUT2D eigenvalue weighted by atomic mass is 19.4. The number of rotatable bonds is 5. The van der Waals surface area contributed by atoms with Gasteiger partial charge in [-0.15, -0.1) is 0 Å². The van der Waals surface area contributed by atoms with Crippen molar-refractivity contribution in [3.63, 3.8) is 0 Å². The van der Waals surface area contributed by atoms with E-state index in [2.05, 4.69) is 10.6 Å². The van der Waals surface area contributed by atoms with Crippen LogP contribution in [0.2, 0.25) is 0 Å². The average molecular weight is 305 g/mol. The van der Waals surface area contributed by atoms with Gasteiger partial charge in [-0.3, -0.25) is 9.59 Å². The predicted molar refractivity (Wildman–Crippen MR) is 68.7 cm³/mol. The molecular formula is C12H14F3N3O3. The number of methoxy groups -OCH3 is 1. The maximum atomic E-state index is 12.9. The van der Waals surface area contributed by atoms with Gasteiger partial charge < -0.3 is 21.1 Å². The van der Waals surface area contributed by atoms with E-state index in [1.165, 1.54) is 13.2 Å². The third-order valence-corrected chi connectivity index (χ3v) is 2.44. The maximum Gasteiger partial charge on any atom is 0.418 e. The van der Waals surface area contributed by atoms with E-state index in [1.807, 2.05) is 0 Å². The van der Waals surface area contributed by atoms with Crippen molar-refractivity contribution >= 4 is 17.5 Å². The summed E-state index contributed by atoms with van der Waals surface area (Å²) < 4.78 is 43.4. The van der Waals surface area contributed by atoms with Gasteiger partial charge in [-0.1, -0.05) is 0 Å². The Labute approximate surface area is 118 Å². The zero-order chi connectivity index (χ0) is 16.0. The Kier molecular flexibility index (Phi) is 5.53. The van der Waals surface area contributed by atoms with Gasteiger partial charge in [0.2, 0.25) is 11.8 Å². The highest BCUT2D eigenvalue weighted by molar-refractivity contribution is 5.95. The van der Waals surface area contributed by atoms with Crippen LogP contribution in [0.3, 0.4) is 0 Å². The molecule has 0 spiro atoms. The van der Waals surface area contributed by atoms with Crippen molar-refractivity contribution in [2.45, 2.75) is 6.18 Å². The van der Waals surface area contributed by atoms with Crippen molar-refractivity contribution in [1.29, 1.82) is 0 Å². The fourth-order valence-electron chi connectivity index (χ4n) is 1.44. The molecular weight excluding hydrogens is 291 g/mol. The molecule has 1 rings (SSSR count). The topological polar surface area (TPSA) is 93.5 Å². The maximum absolute atomic E-state index is 12.9. The van der Waals surface area contributed by atoms with E-state index < -0.39 is 35.8 Å². The summed E-state index contributed by atoms with van der Waals surface area (Å²) in [6.07, 6.45) is -4.66. The number of carbonyl (C=O) groups excluding carboxylic acids is 2. The number of nitrogens with two attached hydrogens (primary N) is 1. The number of halogens is 3. The first-order valence-corrected chi connectivity index (χ1v) is 5.79. The average Bonchev–Trinajstić information content (AvgIpc) is 2.44. The minimum atomic E-state index is -4.66. The van der Waals surface area contributed by atoms with Crippen LogP contribution in [0.15, 0.2) is 18.2 Å². The molecule has 6 nitrogen and oxygen atoms in total. The normalized spacial score (nSPS) is 10.9. The lowest BCUT2D eigenvalue weighted by Gasteiger charge is -2.15. The number of hydrogen-bond acceptors (Lipinski definition) is 4. The lowest BCUT2D eigenvalue weighted by atomic mass is 10.1. The van der Waals surface area contributed by atoms with Crippen molar-refractivity contribution in [3.05, 3.63) is 23.8 Å². The van der Waals surface area contributed by atoms with E-state index >= 15 is 0 Å². The molecule has 0 fully saturated rings. The standard InChI is InChI=1S/C12H14F3N3O3/c1-21-7-2-3-9(8(4-7)12(13,14)15)18-11(20)6-17-10(19)5-16/h2-4H,5-6,16H2,1H3,(H,17,19)(H,18,20). The number of nitrogens with one attached hydrogen (secondary N) is 2. The first-order valence-electron chi connectivity index (χ1n) is 5.79. The second kappa shape index (κ2) is 6.93. The first kappa shape index (κ1) is 16.8. The van der Waals surface area contributed by atoms with Crippen LogP contribution in [-0.2, 0) is 15.8 Å². The monoisotopic (exact) mass is 305 g/mol. The SMILES string of the molecule is COc1ccc(NC(=O)CNC(=O)CN)c(C(F)(F)F)c1. The summed E-state index contributed by atoms with van der Waals surface area (Å²) in [5, 5.41) is 4.23. The van der Waals surface area contributed by atoms with E-state index in [4.69, 9.17) is 10.5 Å². The van der Waals surface area contributed by atoms with Crippen LogP contribution in [0, 0.1) is 0 Å². The number of anilines is 1. The second-order valence-electron chi connectivity index (χ2n) is 3.94. The zero-order valence-corrected chi connectivity index (χ0v) is 11.1. The molecule has 0 aromatic heterocycles. The fourth-order valence-corrected chi connectivity index (χ4v) is 1.44. The zero-order valence-electron chi connectivity index (χ0n) is 11.1. The summed E-state index contributed by atoms with van der Waals surface area (Å²) in [6.45, 7) is -0.789. The largest absolute Gasteiger partial charge is 0.497 e. The number of alkyl halides is 3. The van der Waals surface area contributed by atoms with Gasteiger partial charge in [0.25, 0.3) is 0 Å². The molecule has 116 valence electrons. The van der Waals surface area contributed by atoms with Crippen LogP contribution in [-0.4, -0.2) is 32.0 Å². The quantitative estimate of drug-likeness (QED) is 0.747. The summed E-state index contributed by atoms with van der Waals surface area (Å²) in [4.78, 5) is 22.4. The van der Waals surface area contributed by atoms with Gasteiger partial charge in [-0.05, 0) is 18.2 Å². The molecule has 0 aliphatic rings. The van der Waals surface area contributed by atoms with E-state index in [0.29, 0.717) is 0 Å². The molecule has 0 heterocycles. The summed E-state index contributed by atoms with van der Waals surface area (Å²) in [5.41, 5.74) is 3.56. The lowest BCUT2D eigenvalue weighted by molar-refractivity contribution is -0.137. The Morgan fingerprint density at radius 3 is 2.48 bits per heavy atom. The van der Waals surface area contributed by atoms with Crippen molar-refractivity contribution in [3.8, 4) is 5.75 Å². The van der Waals surface area contributed by atoms with Gasteiger partial charge in [0.1, 0.15) is 5.75 Å². The van der Waals surface area contributed by atoms with E-state index in [1.54, 1.807) is 0 Å². The number of benzene rings is 1. The molecule has 1 aromatic carbocycles. The van der Waals surface area contributed by atoms with Gasteiger partial charge in [0.05, 0.1) is 31.5 Å². The third-order valence-electron chi connectivity index (χ3n) is 2.44. The summed E-state index contributed by atoms with van der Waals surface area (Å²) >= 11 is 0. The van der Waals surface area contributed by atoms with Crippen LogP contribution >= 0.6 is 0 Å². The van der Waals surface area contributed by atoms with Gasteiger partial charge in [0.15, 0.2) is 0 Å². The first-order chi connectivity index (χ1) is 9.77. The van der Waals surface area contributed by atoms with E-state index in [9.17, 15) is 22.8 Å². The molecule has 2 amide bonds. The molecule has 0 atom stereocenters. The molecule has 1 aromatic rings. The molecule has 0 bridgehead atoms. The summed E-state index contributed by atoms with van der Waals surface area (Å²) in [5.74, 6) is -1.37. The smallest absolute Gasteiger partial charge is 0.418 e. The summed E-state index contributed by atoms with van der Waals surface area (Å²) in [7, 11) is 1.23. The van der Waals surface area contributed by atoms with Gasteiger partial charge in [-0.2, -0.15) is 13.2 Å². The van der Waals surface area contributed by atoms with Gasteiger partial charge in [-0.25, -0.2) is 0 Å².